The Morgan fingerprint density at radius 2 is 1.55 bits per heavy atom. The number of aryl methyl sites for hydroxylation is 3. The highest BCUT2D eigenvalue weighted by atomic mass is 32.2. The van der Waals surface area contributed by atoms with Crippen molar-refractivity contribution in [3.63, 3.8) is 0 Å². The third-order valence-corrected chi connectivity index (χ3v) is 5.91. The molecule has 11 heteroatoms. The molecule has 0 aliphatic carbocycles. The maximum Gasteiger partial charge on any atom is 0.319 e. The second kappa shape index (κ2) is 12.5. The maximum absolute atomic E-state index is 12.0. The molecule has 0 unspecified atom stereocenters. The van der Waals surface area contributed by atoms with E-state index in [9.17, 15) is 28.1 Å². The summed E-state index contributed by atoms with van der Waals surface area (Å²) in [7, 11) is -2.76. The quantitative estimate of drug-likeness (QED) is 0.196. The fraction of sp³-hybridized carbons (Fsp3) is 0.148. The van der Waals surface area contributed by atoms with Gasteiger partial charge in [0.25, 0.3) is 5.69 Å². The largest absolute Gasteiger partial charge is 0.319 e. The summed E-state index contributed by atoms with van der Waals surface area (Å²) < 4.78 is 25.5. The smallest absolute Gasteiger partial charge is 0.289 e. The number of aromatic nitrogens is 2. The van der Waals surface area contributed by atoms with Crippen molar-refractivity contribution in [2.45, 2.75) is 27.3 Å². The van der Waals surface area contributed by atoms with Gasteiger partial charge < -0.3 is 0 Å². The van der Waals surface area contributed by atoms with Crippen molar-refractivity contribution in [1.29, 1.82) is 0 Å². The van der Waals surface area contributed by atoms with Crippen molar-refractivity contribution in [1.82, 2.24) is 9.78 Å². The van der Waals surface area contributed by atoms with E-state index in [1.165, 1.54) is 40.7 Å². The monoisotopic (exact) mass is 532 g/mol. The molecule has 4 rings (SSSR count). The van der Waals surface area contributed by atoms with Crippen LogP contribution in [0.3, 0.4) is 0 Å². The van der Waals surface area contributed by atoms with Crippen LogP contribution >= 0.6 is 0 Å². The van der Waals surface area contributed by atoms with Gasteiger partial charge >= 0.3 is 16.4 Å². The molecule has 194 valence electrons. The average Bonchev–Trinajstić information content (AvgIpc) is 3.35. The molecule has 38 heavy (non-hydrogen) atoms. The Morgan fingerprint density at radius 3 is 2.16 bits per heavy atom. The highest BCUT2D eigenvalue weighted by molar-refractivity contribution is 7.62. The van der Waals surface area contributed by atoms with Gasteiger partial charge in [-0.1, -0.05) is 64.5 Å². The predicted octanol–water partition coefficient (Wildman–Crippen LogP) is 4.89. The summed E-state index contributed by atoms with van der Waals surface area (Å²) in [6, 6.07) is 20.0. The Bertz CT molecular complexity index is 1610. The molecule has 0 spiro atoms. The molecule has 1 amide bonds. The summed E-state index contributed by atoms with van der Waals surface area (Å²) in [6.07, 6.45) is 1.45. The van der Waals surface area contributed by atoms with Crippen LogP contribution in [0.5, 0.6) is 0 Å². The Balaban J connectivity index is 0.000000215. The van der Waals surface area contributed by atoms with Crippen LogP contribution < -0.4 is 0 Å². The average molecular weight is 533 g/mol. The lowest BCUT2D eigenvalue weighted by Crippen LogP contribution is -2.12. The summed E-state index contributed by atoms with van der Waals surface area (Å²) >= 11 is 0. The molecule has 0 atom stereocenters. The molecule has 0 fully saturated rings. The number of hydrogen-bond acceptors (Lipinski definition) is 7. The number of non-ortho nitro benzene ring substituents is 1. The van der Waals surface area contributed by atoms with Crippen molar-refractivity contribution in [3.05, 3.63) is 128 Å². The van der Waals surface area contributed by atoms with Gasteiger partial charge in [0.2, 0.25) is 0 Å². The zero-order valence-corrected chi connectivity index (χ0v) is 21.7. The fourth-order valence-electron chi connectivity index (χ4n) is 3.88. The molecule has 0 radical (unpaired) electrons. The first-order valence-corrected chi connectivity index (χ1v) is 12.4. The van der Waals surface area contributed by atoms with E-state index in [0.29, 0.717) is 17.7 Å². The molecular weight excluding hydrogens is 508 g/mol. The van der Waals surface area contributed by atoms with Crippen molar-refractivity contribution >= 4 is 27.9 Å². The topological polar surface area (TPSA) is 142 Å². The van der Waals surface area contributed by atoms with Crippen molar-refractivity contribution in [2.24, 2.45) is 4.36 Å². The molecule has 0 aliphatic heterocycles. The number of nitro benzene ring substituents is 1. The van der Waals surface area contributed by atoms with Crippen LogP contribution in [0.25, 0.3) is 0 Å². The van der Waals surface area contributed by atoms with Gasteiger partial charge in [-0.15, -0.1) is 0 Å². The van der Waals surface area contributed by atoms with E-state index in [1.54, 1.807) is 30.3 Å². The lowest BCUT2D eigenvalue weighted by atomic mass is 10.00. The number of hydrogen-bond donors (Lipinski definition) is 0. The van der Waals surface area contributed by atoms with Gasteiger partial charge in [-0.2, -0.15) is 13.5 Å². The summed E-state index contributed by atoms with van der Waals surface area (Å²) in [5, 5.41) is 14.7. The second-order valence-corrected chi connectivity index (χ2v) is 8.98. The number of amides is 1. The predicted molar refractivity (Wildman–Crippen MR) is 141 cm³/mol. The number of ketones is 1. The van der Waals surface area contributed by atoms with Crippen LogP contribution in [0.15, 0.2) is 83.4 Å². The molecule has 0 aliphatic rings. The molecule has 0 saturated heterocycles. The minimum Gasteiger partial charge on any atom is -0.289 e. The van der Waals surface area contributed by atoms with Gasteiger partial charge in [-0.05, 0) is 43.5 Å². The van der Waals surface area contributed by atoms with E-state index in [0.717, 1.165) is 16.7 Å². The zero-order chi connectivity index (χ0) is 27.8. The summed E-state index contributed by atoms with van der Waals surface area (Å²) in [5.41, 5.74) is 5.35. The number of nitro groups is 1. The third-order valence-electron chi connectivity index (χ3n) is 5.60. The van der Waals surface area contributed by atoms with Crippen molar-refractivity contribution in [3.8, 4) is 0 Å². The highest BCUT2D eigenvalue weighted by Crippen LogP contribution is 2.19. The molecule has 0 saturated carbocycles. The first-order valence-electron chi connectivity index (χ1n) is 11.3. The van der Waals surface area contributed by atoms with Crippen LogP contribution in [-0.2, 0) is 17.0 Å². The van der Waals surface area contributed by atoms with Crippen LogP contribution in [0.2, 0.25) is 0 Å². The normalized spacial score (nSPS) is 10.2. The van der Waals surface area contributed by atoms with Gasteiger partial charge in [0.15, 0.2) is 5.78 Å². The maximum atomic E-state index is 12.0. The highest BCUT2D eigenvalue weighted by Gasteiger charge is 2.14. The van der Waals surface area contributed by atoms with Gasteiger partial charge in [0.1, 0.15) is 5.69 Å². The number of carbonyl (C=O) groups is 2. The first kappa shape index (κ1) is 27.8. The lowest BCUT2D eigenvalue weighted by molar-refractivity contribution is -0.384. The van der Waals surface area contributed by atoms with E-state index in [2.05, 4.69) is 21.6 Å². The van der Waals surface area contributed by atoms with Crippen LogP contribution in [-0.4, -0.2) is 34.8 Å². The van der Waals surface area contributed by atoms with Gasteiger partial charge in [0.05, 0.1) is 11.5 Å². The van der Waals surface area contributed by atoms with Crippen LogP contribution in [0.4, 0.5) is 5.69 Å². The van der Waals surface area contributed by atoms with Gasteiger partial charge in [-0.3, -0.25) is 24.4 Å². The lowest BCUT2D eigenvalue weighted by Gasteiger charge is -2.12. The third kappa shape index (κ3) is 7.14. The minimum atomic E-state index is -2.76. The molecule has 0 N–H and O–H groups in total. The number of carbonyl (C=O) groups excluding carboxylic acids is 2. The second-order valence-electron chi connectivity index (χ2n) is 8.37. The SMILES string of the molecule is Cc1cc(C)c(Cn2nccc2C(=O)N=S(=O)=O)c(C)c1.O=C(c1ccccc1)c1cccc([N+](=O)[O-])c1. The number of benzene rings is 3. The zero-order valence-electron chi connectivity index (χ0n) is 20.9. The Hall–Kier alpha value is -4.77. The van der Waals surface area contributed by atoms with Gasteiger partial charge in [0, 0.05) is 29.5 Å². The fourth-order valence-corrected chi connectivity index (χ4v) is 4.11. The molecule has 3 aromatic carbocycles. The van der Waals surface area contributed by atoms with E-state index < -0.39 is 21.3 Å². The summed E-state index contributed by atoms with van der Waals surface area (Å²) in [6.45, 7) is 6.41. The Kier molecular flexibility index (Phi) is 9.12. The standard InChI is InChI=1S/C14H15N3O3S.C13H9NO3/c1-9-6-10(2)12(11(3)7-9)8-17-13(4-5-15-17)14(18)16-21(19)20;15-13(10-5-2-1-3-6-10)11-7-4-8-12(9-11)14(16)17/h4-7H,8H2,1-3H3;1-9H. The minimum absolute atomic E-state index is 0.0771. The Labute approximate surface area is 220 Å². The molecule has 0 bridgehead atoms. The van der Waals surface area contributed by atoms with Crippen molar-refractivity contribution in [2.75, 3.05) is 0 Å². The molecule has 10 nitrogen and oxygen atoms in total. The van der Waals surface area contributed by atoms with Crippen LogP contribution in [0.1, 0.15) is 48.7 Å². The molecule has 1 aromatic heterocycles. The molecule has 1 heterocycles. The van der Waals surface area contributed by atoms with Gasteiger partial charge in [-0.25, -0.2) is 0 Å². The molecule has 4 aromatic rings. The Morgan fingerprint density at radius 1 is 0.921 bits per heavy atom. The molecular formula is C27H24N4O6S. The van der Waals surface area contributed by atoms with Crippen molar-refractivity contribution < 1.29 is 22.9 Å². The van der Waals surface area contributed by atoms with E-state index in [1.807, 2.05) is 26.8 Å². The van der Waals surface area contributed by atoms with E-state index >= 15 is 0 Å². The number of nitrogens with zero attached hydrogens (tertiary/aromatic N) is 4. The van der Waals surface area contributed by atoms with Crippen LogP contribution in [0, 0.1) is 30.9 Å². The summed E-state index contributed by atoms with van der Waals surface area (Å²) in [4.78, 5) is 33.8. The number of rotatable bonds is 6. The van der Waals surface area contributed by atoms with E-state index in [4.69, 9.17) is 0 Å². The summed E-state index contributed by atoms with van der Waals surface area (Å²) in [5.74, 6) is -1.03. The first-order chi connectivity index (χ1) is 18.1. The van der Waals surface area contributed by atoms with E-state index in [-0.39, 0.29) is 17.2 Å².